The van der Waals surface area contributed by atoms with Crippen molar-refractivity contribution in [2.45, 2.75) is 45.1 Å². The van der Waals surface area contributed by atoms with Gasteiger partial charge in [-0.05, 0) is 55.0 Å². The van der Waals surface area contributed by atoms with Gasteiger partial charge >= 0.3 is 0 Å². The number of aryl methyl sites for hydroxylation is 1. The van der Waals surface area contributed by atoms with Gasteiger partial charge in [0.2, 0.25) is 0 Å². The van der Waals surface area contributed by atoms with Gasteiger partial charge in [-0.1, -0.05) is 19.9 Å². The Morgan fingerprint density at radius 2 is 2.22 bits per heavy atom. The molecule has 1 aromatic rings. The minimum atomic E-state index is 0.420. The molecule has 0 bridgehead atoms. The molecule has 1 N–H and O–H groups in total. The van der Waals surface area contributed by atoms with Crippen LogP contribution in [0.15, 0.2) is 18.2 Å². The van der Waals surface area contributed by atoms with E-state index in [0.717, 1.165) is 18.4 Å². The minimum absolute atomic E-state index is 0.420. The fraction of sp³-hybridized carbons (Fsp3) is 0.625. The molecule has 1 aliphatic carbocycles. The summed E-state index contributed by atoms with van der Waals surface area (Å²) in [4.78, 5) is 2.69. The molecule has 1 aliphatic heterocycles. The quantitative estimate of drug-likeness (QED) is 0.865. The van der Waals surface area contributed by atoms with Gasteiger partial charge in [-0.3, -0.25) is 4.90 Å². The van der Waals surface area contributed by atoms with Crippen molar-refractivity contribution in [2.75, 3.05) is 13.1 Å². The zero-order chi connectivity index (χ0) is 12.7. The molecule has 3 rings (SSSR count). The second-order valence-corrected chi connectivity index (χ2v) is 5.99. The fourth-order valence-corrected chi connectivity index (χ4v) is 4.08. The Hall–Kier alpha value is -1.02. The summed E-state index contributed by atoms with van der Waals surface area (Å²) in [5, 5.41) is 9.62. The maximum Gasteiger partial charge on any atom is 0.115 e. The van der Waals surface area contributed by atoms with E-state index in [1.165, 1.54) is 37.1 Å². The van der Waals surface area contributed by atoms with E-state index >= 15 is 0 Å². The lowest BCUT2D eigenvalue weighted by atomic mass is 9.76. The summed E-state index contributed by atoms with van der Waals surface area (Å²) in [6, 6.07) is 6.72. The number of phenols is 1. The number of benzene rings is 1. The Labute approximate surface area is 110 Å². The molecule has 0 saturated carbocycles. The molecule has 0 spiro atoms. The van der Waals surface area contributed by atoms with Gasteiger partial charge < -0.3 is 5.11 Å². The molecule has 0 amide bonds. The summed E-state index contributed by atoms with van der Waals surface area (Å²) in [5.74, 6) is 1.84. The van der Waals surface area contributed by atoms with Crippen LogP contribution < -0.4 is 0 Å². The number of rotatable bonds is 2. The van der Waals surface area contributed by atoms with Crippen LogP contribution in [0, 0.1) is 5.92 Å². The monoisotopic (exact) mass is 245 g/mol. The van der Waals surface area contributed by atoms with E-state index in [9.17, 15) is 5.11 Å². The van der Waals surface area contributed by atoms with Crippen molar-refractivity contribution >= 4 is 0 Å². The number of phenolic OH excluding ortho intramolecular Hbond substituents is 1. The zero-order valence-electron chi connectivity index (χ0n) is 11.4. The van der Waals surface area contributed by atoms with Gasteiger partial charge in [0.15, 0.2) is 0 Å². The van der Waals surface area contributed by atoms with Crippen LogP contribution in [-0.4, -0.2) is 29.1 Å². The Morgan fingerprint density at radius 1 is 1.39 bits per heavy atom. The molecule has 1 fully saturated rings. The van der Waals surface area contributed by atoms with Crippen molar-refractivity contribution < 1.29 is 5.11 Å². The first-order valence-corrected chi connectivity index (χ1v) is 7.26. The normalized spacial score (nSPS) is 31.1. The lowest BCUT2D eigenvalue weighted by Gasteiger charge is -2.34. The highest BCUT2D eigenvalue weighted by Crippen LogP contribution is 2.45. The maximum absolute atomic E-state index is 9.62. The molecule has 0 radical (unpaired) electrons. The SMILES string of the molecule is CCCN1C[C@@H](C)[C@H]2c3ccc(O)cc3CC[C@H]21. The first-order chi connectivity index (χ1) is 8.70. The van der Waals surface area contributed by atoms with Crippen LogP contribution in [-0.2, 0) is 6.42 Å². The van der Waals surface area contributed by atoms with E-state index in [1.54, 1.807) is 0 Å². The topological polar surface area (TPSA) is 23.5 Å². The third-order valence-electron chi connectivity index (χ3n) is 4.73. The molecule has 0 aromatic heterocycles. The molecule has 1 heterocycles. The van der Waals surface area contributed by atoms with Crippen LogP contribution in [0.5, 0.6) is 5.75 Å². The molecule has 18 heavy (non-hydrogen) atoms. The third-order valence-corrected chi connectivity index (χ3v) is 4.73. The average Bonchev–Trinajstić information content (AvgIpc) is 2.67. The van der Waals surface area contributed by atoms with Gasteiger partial charge in [-0.15, -0.1) is 0 Å². The molecule has 3 atom stereocenters. The summed E-state index contributed by atoms with van der Waals surface area (Å²) < 4.78 is 0. The molecule has 2 aliphatic rings. The standard InChI is InChI=1S/C16H23NO/c1-3-8-17-10-11(2)16-14-6-5-13(18)9-12(14)4-7-15(16)17/h5-6,9,11,15-16,18H,3-4,7-8,10H2,1-2H3/t11-,15-,16+/m1/s1. The molecule has 1 saturated heterocycles. The van der Waals surface area contributed by atoms with Crippen LogP contribution in [0.25, 0.3) is 0 Å². The molecule has 2 nitrogen and oxygen atoms in total. The number of likely N-dealkylation sites (tertiary alicyclic amines) is 1. The van der Waals surface area contributed by atoms with Crippen LogP contribution >= 0.6 is 0 Å². The number of hydrogen-bond acceptors (Lipinski definition) is 2. The van der Waals surface area contributed by atoms with Crippen molar-refractivity contribution in [2.24, 2.45) is 5.92 Å². The molecular formula is C16H23NO. The average molecular weight is 245 g/mol. The third kappa shape index (κ3) is 1.83. The number of hydrogen-bond donors (Lipinski definition) is 1. The van der Waals surface area contributed by atoms with E-state index < -0.39 is 0 Å². The van der Waals surface area contributed by atoms with Crippen molar-refractivity contribution in [1.82, 2.24) is 4.90 Å². The Morgan fingerprint density at radius 3 is 3.00 bits per heavy atom. The van der Waals surface area contributed by atoms with Crippen molar-refractivity contribution in [3.63, 3.8) is 0 Å². The summed E-state index contributed by atoms with van der Waals surface area (Å²) in [6.07, 6.45) is 3.63. The predicted molar refractivity (Wildman–Crippen MR) is 74.0 cm³/mol. The zero-order valence-corrected chi connectivity index (χ0v) is 11.4. The first kappa shape index (κ1) is 12.0. The van der Waals surface area contributed by atoms with E-state index in [0.29, 0.717) is 11.7 Å². The summed E-state index contributed by atoms with van der Waals surface area (Å²) in [6.45, 7) is 7.13. The summed E-state index contributed by atoms with van der Waals surface area (Å²) in [5.41, 5.74) is 2.87. The molecule has 2 heteroatoms. The highest BCUT2D eigenvalue weighted by molar-refractivity contribution is 5.41. The van der Waals surface area contributed by atoms with Crippen LogP contribution in [0.1, 0.15) is 43.7 Å². The largest absolute Gasteiger partial charge is 0.508 e. The highest BCUT2D eigenvalue weighted by atomic mass is 16.3. The van der Waals surface area contributed by atoms with E-state index in [2.05, 4.69) is 24.8 Å². The Bertz CT molecular complexity index is 443. The Balaban J connectivity index is 1.94. The number of nitrogens with zero attached hydrogens (tertiary/aromatic N) is 1. The van der Waals surface area contributed by atoms with Gasteiger partial charge in [-0.2, -0.15) is 0 Å². The van der Waals surface area contributed by atoms with Crippen molar-refractivity contribution in [1.29, 1.82) is 0 Å². The predicted octanol–water partition coefficient (Wildman–Crippen LogP) is 3.15. The lowest BCUT2D eigenvalue weighted by molar-refractivity contribution is 0.227. The van der Waals surface area contributed by atoms with Gasteiger partial charge in [0.05, 0.1) is 0 Å². The molecule has 98 valence electrons. The van der Waals surface area contributed by atoms with Crippen LogP contribution in [0.4, 0.5) is 0 Å². The van der Waals surface area contributed by atoms with E-state index in [1.807, 2.05) is 12.1 Å². The Kier molecular flexibility index (Phi) is 3.06. The highest BCUT2D eigenvalue weighted by Gasteiger charge is 2.42. The maximum atomic E-state index is 9.62. The van der Waals surface area contributed by atoms with E-state index in [-0.39, 0.29) is 0 Å². The van der Waals surface area contributed by atoms with E-state index in [4.69, 9.17) is 0 Å². The van der Waals surface area contributed by atoms with Crippen molar-refractivity contribution in [3.8, 4) is 5.75 Å². The second kappa shape index (κ2) is 4.58. The summed E-state index contributed by atoms with van der Waals surface area (Å²) >= 11 is 0. The van der Waals surface area contributed by atoms with Crippen molar-refractivity contribution in [3.05, 3.63) is 29.3 Å². The van der Waals surface area contributed by atoms with Gasteiger partial charge in [-0.25, -0.2) is 0 Å². The van der Waals surface area contributed by atoms with Gasteiger partial charge in [0.1, 0.15) is 5.75 Å². The second-order valence-electron chi connectivity index (χ2n) is 5.99. The first-order valence-electron chi connectivity index (χ1n) is 7.26. The summed E-state index contributed by atoms with van der Waals surface area (Å²) in [7, 11) is 0. The van der Waals surface area contributed by atoms with Gasteiger partial charge in [0.25, 0.3) is 0 Å². The van der Waals surface area contributed by atoms with Crippen LogP contribution in [0.2, 0.25) is 0 Å². The molecule has 0 unspecified atom stereocenters. The van der Waals surface area contributed by atoms with Crippen LogP contribution in [0.3, 0.4) is 0 Å². The molecule has 1 aromatic carbocycles. The number of fused-ring (bicyclic) bond motifs is 3. The minimum Gasteiger partial charge on any atom is -0.508 e. The number of aromatic hydroxyl groups is 1. The smallest absolute Gasteiger partial charge is 0.115 e. The molecular weight excluding hydrogens is 222 g/mol. The fourth-order valence-electron chi connectivity index (χ4n) is 4.08. The lowest BCUT2D eigenvalue weighted by Crippen LogP contribution is -2.35. The van der Waals surface area contributed by atoms with Gasteiger partial charge in [0, 0.05) is 18.5 Å².